The third-order valence-electron chi connectivity index (χ3n) is 2.34. The van der Waals surface area contributed by atoms with Crippen LogP contribution in [0.3, 0.4) is 0 Å². The molecule has 0 atom stereocenters. The van der Waals surface area contributed by atoms with Gasteiger partial charge in [-0.3, -0.25) is 0 Å². The molecular weight excluding hydrogens is 186 g/mol. The summed E-state index contributed by atoms with van der Waals surface area (Å²) >= 11 is 5.84. The van der Waals surface area contributed by atoms with Gasteiger partial charge in [-0.15, -0.1) is 0 Å². The zero-order chi connectivity index (χ0) is 9.26. The minimum atomic E-state index is 0.245. The summed E-state index contributed by atoms with van der Waals surface area (Å²) in [6, 6.07) is 5.21. The molecule has 0 saturated carbocycles. The molecule has 1 aromatic carbocycles. The predicted octanol–water partition coefficient (Wildman–Crippen LogP) is 2.65. The second-order valence-corrected chi connectivity index (χ2v) is 3.80. The molecule has 0 aromatic heterocycles. The summed E-state index contributed by atoms with van der Waals surface area (Å²) in [6.07, 6.45) is 2.46. The topological polar surface area (TPSA) is 23.5 Å². The molecule has 1 N–H and O–H groups in total. The van der Waals surface area contributed by atoms with Crippen LogP contribution in [0.5, 0.6) is 5.75 Å². The van der Waals surface area contributed by atoms with Crippen LogP contribution in [-0.4, -0.2) is 18.2 Å². The van der Waals surface area contributed by atoms with Gasteiger partial charge in [0.15, 0.2) is 0 Å². The van der Waals surface area contributed by atoms with Gasteiger partial charge in [-0.05, 0) is 25.0 Å². The maximum absolute atomic E-state index is 9.34. The summed E-state index contributed by atoms with van der Waals surface area (Å²) in [7, 11) is 0. The van der Waals surface area contributed by atoms with Crippen molar-refractivity contribution in [2.45, 2.75) is 12.8 Å². The fourth-order valence-corrected chi connectivity index (χ4v) is 1.94. The van der Waals surface area contributed by atoms with Crippen molar-refractivity contribution in [1.82, 2.24) is 0 Å². The van der Waals surface area contributed by atoms with Crippen LogP contribution < -0.4 is 4.90 Å². The molecule has 13 heavy (non-hydrogen) atoms. The molecule has 0 amide bonds. The highest BCUT2D eigenvalue weighted by Crippen LogP contribution is 2.28. The van der Waals surface area contributed by atoms with E-state index in [2.05, 4.69) is 4.90 Å². The molecule has 0 spiro atoms. The van der Waals surface area contributed by atoms with Crippen molar-refractivity contribution < 1.29 is 5.11 Å². The molecule has 0 aliphatic carbocycles. The first-order valence-electron chi connectivity index (χ1n) is 4.50. The van der Waals surface area contributed by atoms with Gasteiger partial charge in [-0.1, -0.05) is 11.6 Å². The van der Waals surface area contributed by atoms with E-state index in [0.29, 0.717) is 5.02 Å². The zero-order valence-corrected chi connectivity index (χ0v) is 8.09. The smallest absolute Gasteiger partial charge is 0.119 e. The Labute approximate surface area is 82.7 Å². The van der Waals surface area contributed by atoms with E-state index in [9.17, 15) is 5.11 Å². The minimum absolute atomic E-state index is 0.245. The van der Waals surface area contributed by atoms with Crippen molar-refractivity contribution in [3.8, 4) is 5.75 Å². The number of hydrogen-bond donors (Lipinski definition) is 1. The van der Waals surface area contributed by atoms with Crippen LogP contribution in [0.1, 0.15) is 12.8 Å². The van der Waals surface area contributed by atoms with E-state index in [4.69, 9.17) is 11.6 Å². The van der Waals surface area contributed by atoms with Gasteiger partial charge >= 0.3 is 0 Å². The molecule has 70 valence electrons. The number of rotatable bonds is 1. The summed E-state index contributed by atoms with van der Waals surface area (Å²) < 4.78 is 0. The average Bonchev–Trinajstić information content (AvgIpc) is 2.53. The summed E-state index contributed by atoms with van der Waals surface area (Å²) in [4.78, 5) is 2.24. The largest absolute Gasteiger partial charge is 0.508 e. The van der Waals surface area contributed by atoms with E-state index < -0.39 is 0 Å². The Bertz CT molecular complexity index is 288. The Morgan fingerprint density at radius 2 is 1.85 bits per heavy atom. The molecule has 2 nitrogen and oxygen atoms in total. The summed E-state index contributed by atoms with van der Waals surface area (Å²) in [5.74, 6) is 0.245. The van der Waals surface area contributed by atoms with Gasteiger partial charge in [0.25, 0.3) is 0 Å². The first kappa shape index (κ1) is 8.70. The highest BCUT2D eigenvalue weighted by atomic mass is 35.5. The summed E-state index contributed by atoms with van der Waals surface area (Å²) in [5.41, 5.74) is 1.03. The molecule has 0 radical (unpaired) electrons. The zero-order valence-electron chi connectivity index (χ0n) is 7.33. The Morgan fingerprint density at radius 1 is 1.15 bits per heavy atom. The Kier molecular flexibility index (Phi) is 2.32. The second kappa shape index (κ2) is 3.46. The Hall–Kier alpha value is -0.890. The maximum atomic E-state index is 9.34. The first-order valence-corrected chi connectivity index (χ1v) is 4.88. The lowest BCUT2D eigenvalue weighted by Crippen LogP contribution is -2.17. The van der Waals surface area contributed by atoms with Gasteiger partial charge in [-0.25, -0.2) is 0 Å². The lowest BCUT2D eigenvalue weighted by Gasteiger charge is -2.17. The van der Waals surface area contributed by atoms with E-state index in [1.807, 2.05) is 6.07 Å². The monoisotopic (exact) mass is 197 g/mol. The lowest BCUT2D eigenvalue weighted by molar-refractivity contribution is 0.475. The van der Waals surface area contributed by atoms with Crippen LogP contribution in [0.25, 0.3) is 0 Å². The molecule has 1 fully saturated rings. The van der Waals surface area contributed by atoms with Gasteiger partial charge in [0, 0.05) is 29.9 Å². The molecule has 1 aliphatic rings. The molecular formula is C10H12ClNO. The fraction of sp³-hybridized carbons (Fsp3) is 0.400. The maximum Gasteiger partial charge on any atom is 0.119 e. The van der Waals surface area contributed by atoms with E-state index in [1.54, 1.807) is 12.1 Å². The van der Waals surface area contributed by atoms with Crippen molar-refractivity contribution in [1.29, 1.82) is 0 Å². The van der Waals surface area contributed by atoms with Crippen molar-refractivity contribution in [3.05, 3.63) is 23.2 Å². The standard InChI is InChI=1S/C10H12ClNO/c11-8-5-9(7-10(13)6-8)12-3-1-2-4-12/h5-7,13H,1-4H2. The SMILES string of the molecule is Oc1cc(Cl)cc(N2CCCC2)c1. The highest BCUT2D eigenvalue weighted by molar-refractivity contribution is 6.31. The van der Waals surface area contributed by atoms with Crippen LogP contribution in [0.2, 0.25) is 5.02 Å². The molecule has 2 rings (SSSR count). The summed E-state index contributed by atoms with van der Waals surface area (Å²) in [5, 5.41) is 9.94. The minimum Gasteiger partial charge on any atom is -0.508 e. The quantitative estimate of drug-likeness (QED) is 0.748. The van der Waals surface area contributed by atoms with Crippen LogP contribution >= 0.6 is 11.6 Å². The van der Waals surface area contributed by atoms with E-state index in [1.165, 1.54) is 12.8 Å². The fourth-order valence-electron chi connectivity index (χ4n) is 1.72. The van der Waals surface area contributed by atoms with E-state index in [0.717, 1.165) is 18.8 Å². The molecule has 3 heteroatoms. The first-order chi connectivity index (χ1) is 6.25. The van der Waals surface area contributed by atoms with Gasteiger partial charge in [-0.2, -0.15) is 0 Å². The van der Waals surface area contributed by atoms with Crippen molar-refractivity contribution in [2.24, 2.45) is 0 Å². The number of halogens is 1. The number of aromatic hydroxyl groups is 1. The van der Waals surface area contributed by atoms with Gasteiger partial charge in [0.2, 0.25) is 0 Å². The Balaban J connectivity index is 2.28. The van der Waals surface area contributed by atoms with Crippen molar-refractivity contribution in [2.75, 3.05) is 18.0 Å². The molecule has 0 unspecified atom stereocenters. The number of hydrogen-bond acceptors (Lipinski definition) is 2. The van der Waals surface area contributed by atoms with Gasteiger partial charge < -0.3 is 10.0 Å². The van der Waals surface area contributed by atoms with Gasteiger partial charge in [0.05, 0.1) is 0 Å². The third kappa shape index (κ3) is 1.89. The molecule has 1 aromatic rings. The van der Waals surface area contributed by atoms with Crippen molar-refractivity contribution in [3.63, 3.8) is 0 Å². The summed E-state index contributed by atoms with van der Waals surface area (Å²) in [6.45, 7) is 2.14. The molecule has 1 saturated heterocycles. The molecule has 1 aliphatic heterocycles. The van der Waals surface area contributed by atoms with E-state index in [-0.39, 0.29) is 5.75 Å². The number of benzene rings is 1. The van der Waals surface area contributed by atoms with Crippen LogP contribution in [-0.2, 0) is 0 Å². The van der Waals surface area contributed by atoms with Crippen LogP contribution in [0, 0.1) is 0 Å². The Morgan fingerprint density at radius 3 is 2.46 bits per heavy atom. The van der Waals surface area contributed by atoms with Gasteiger partial charge in [0.1, 0.15) is 5.75 Å². The average molecular weight is 198 g/mol. The van der Waals surface area contributed by atoms with Crippen LogP contribution in [0.15, 0.2) is 18.2 Å². The van der Waals surface area contributed by atoms with E-state index >= 15 is 0 Å². The van der Waals surface area contributed by atoms with Crippen LogP contribution in [0.4, 0.5) is 5.69 Å². The molecule has 1 heterocycles. The van der Waals surface area contributed by atoms with Crippen molar-refractivity contribution >= 4 is 17.3 Å². The lowest BCUT2D eigenvalue weighted by atomic mass is 10.3. The number of phenolic OH excluding ortho intramolecular Hbond substituents is 1. The molecule has 0 bridgehead atoms. The number of anilines is 1. The third-order valence-corrected chi connectivity index (χ3v) is 2.56. The number of phenols is 1. The second-order valence-electron chi connectivity index (χ2n) is 3.36. The number of nitrogens with zero attached hydrogens (tertiary/aromatic N) is 1. The predicted molar refractivity (Wildman–Crippen MR) is 54.6 cm³/mol. The highest BCUT2D eigenvalue weighted by Gasteiger charge is 2.12. The normalized spacial score (nSPS) is 16.5.